The molecule has 150 valence electrons. The smallest absolute Gasteiger partial charge is 0.162 e. The molecule has 5 heteroatoms. The lowest BCUT2D eigenvalue weighted by atomic mass is 10.1. The number of benzene rings is 3. The normalized spacial score (nSPS) is 10.7. The Kier molecular flexibility index (Phi) is 6.63. The summed E-state index contributed by atoms with van der Waals surface area (Å²) >= 11 is 0. The maximum Gasteiger partial charge on any atom is 0.162 e. The summed E-state index contributed by atoms with van der Waals surface area (Å²) in [4.78, 5) is 0. The number of anilines is 1. The number of ether oxygens (including phenoxy) is 3. The van der Waals surface area contributed by atoms with Crippen LogP contribution in [0.4, 0.5) is 5.69 Å². The molecule has 0 fully saturated rings. The van der Waals surface area contributed by atoms with Gasteiger partial charge in [0.25, 0.3) is 0 Å². The first-order valence-electron chi connectivity index (χ1n) is 9.23. The van der Waals surface area contributed by atoms with Gasteiger partial charge in [0, 0.05) is 23.9 Å². The van der Waals surface area contributed by atoms with Gasteiger partial charge in [0.2, 0.25) is 0 Å². The van der Waals surface area contributed by atoms with Crippen LogP contribution in [0.5, 0.6) is 23.0 Å². The molecule has 0 heterocycles. The summed E-state index contributed by atoms with van der Waals surface area (Å²) in [6.07, 6.45) is 4.05. The number of aromatic hydroxyl groups is 1. The molecule has 0 amide bonds. The highest BCUT2D eigenvalue weighted by Gasteiger charge is 2.06. The summed E-state index contributed by atoms with van der Waals surface area (Å²) in [5.74, 6) is 2.14. The Morgan fingerprint density at radius 3 is 2.07 bits per heavy atom. The summed E-state index contributed by atoms with van der Waals surface area (Å²) in [7, 11) is 4.82. The van der Waals surface area contributed by atoms with Crippen molar-refractivity contribution in [3.63, 3.8) is 0 Å². The zero-order chi connectivity index (χ0) is 20.6. The van der Waals surface area contributed by atoms with E-state index in [1.54, 1.807) is 27.4 Å². The molecule has 0 aromatic heterocycles. The van der Waals surface area contributed by atoms with Gasteiger partial charge in [-0.25, -0.2) is 0 Å². The number of hydrogen-bond donors (Lipinski definition) is 2. The van der Waals surface area contributed by atoms with E-state index >= 15 is 0 Å². The van der Waals surface area contributed by atoms with Gasteiger partial charge in [0.1, 0.15) is 11.5 Å². The van der Waals surface area contributed by atoms with Crippen LogP contribution in [0.15, 0.2) is 60.7 Å². The van der Waals surface area contributed by atoms with Gasteiger partial charge in [0.05, 0.1) is 21.3 Å². The standard InChI is InChI=1S/C24H25NO4/c1-27-21-13-18(14-22(15-21)28-2)8-7-17-9-11-20(12-10-17)25-16-19-5-4-6-23(29-3)24(19)26/h4-15,25-26H,16H2,1-3H3/b8-7+. The molecule has 0 radical (unpaired) electrons. The maximum atomic E-state index is 10.2. The molecule has 0 unspecified atom stereocenters. The van der Waals surface area contributed by atoms with Crippen molar-refractivity contribution in [1.29, 1.82) is 0 Å². The van der Waals surface area contributed by atoms with Gasteiger partial charge in [-0.1, -0.05) is 36.4 Å². The van der Waals surface area contributed by atoms with Crippen LogP contribution in [-0.4, -0.2) is 26.4 Å². The second kappa shape index (κ2) is 9.55. The Balaban J connectivity index is 1.65. The number of rotatable bonds is 8. The second-order valence-electron chi connectivity index (χ2n) is 6.42. The Hall–Kier alpha value is -3.60. The van der Waals surface area contributed by atoms with Crippen LogP contribution in [0.1, 0.15) is 16.7 Å². The highest BCUT2D eigenvalue weighted by Crippen LogP contribution is 2.30. The van der Waals surface area contributed by atoms with E-state index in [1.165, 1.54) is 0 Å². The molecule has 3 aromatic rings. The quantitative estimate of drug-likeness (QED) is 0.517. The van der Waals surface area contributed by atoms with E-state index in [-0.39, 0.29) is 5.75 Å². The summed E-state index contributed by atoms with van der Waals surface area (Å²) in [5.41, 5.74) is 3.81. The van der Waals surface area contributed by atoms with Crippen LogP contribution in [-0.2, 0) is 6.54 Å². The molecule has 0 aliphatic carbocycles. The molecular weight excluding hydrogens is 366 g/mol. The van der Waals surface area contributed by atoms with Crippen LogP contribution < -0.4 is 19.5 Å². The third-order valence-electron chi connectivity index (χ3n) is 4.54. The van der Waals surface area contributed by atoms with Crippen molar-refractivity contribution in [2.24, 2.45) is 0 Å². The number of para-hydroxylation sites is 1. The predicted octanol–water partition coefficient (Wildman–Crippen LogP) is 5.20. The van der Waals surface area contributed by atoms with Crippen molar-refractivity contribution >= 4 is 17.8 Å². The minimum Gasteiger partial charge on any atom is -0.504 e. The molecule has 0 spiro atoms. The topological polar surface area (TPSA) is 60.0 Å². The van der Waals surface area contributed by atoms with E-state index in [9.17, 15) is 5.11 Å². The molecule has 29 heavy (non-hydrogen) atoms. The van der Waals surface area contributed by atoms with Crippen molar-refractivity contribution in [3.05, 3.63) is 77.4 Å². The largest absolute Gasteiger partial charge is 0.504 e. The van der Waals surface area contributed by atoms with Gasteiger partial charge < -0.3 is 24.6 Å². The van der Waals surface area contributed by atoms with E-state index in [2.05, 4.69) is 5.32 Å². The van der Waals surface area contributed by atoms with Crippen LogP contribution in [0.2, 0.25) is 0 Å². The molecule has 0 aliphatic heterocycles. The van der Waals surface area contributed by atoms with Crippen LogP contribution >= 0.6 is 0 Å². The van der Waals surface area contributed by atoms with E-state index in [0.29, 0.717) is 12.3 Å². The SMILES string of the molecule is COc1cc(/C=C/c2ccc(NCc3cccc(OC)c3O)cc2)cc(OC)c1. The average Bonchev–Trinajstić information content (AvgIpc) is 2.77. The van der Waals surface area contributed by atoms with Crippen molar-refractivity contribution in [3.8, 4) is 23.0 Å². The molecule has 3 rings (SSSR count). The zero-order valence-corrected chi connectivity index (χ0v) is 16.8. The Bertz CT molecular complexity index is 958. The van der Waals surface area contributed by atoms with Crippen molar-refractivity contribution in [1.82, 2.24) is 0 Å². The zero-order valence-electron chi connectivity index (χ0n) is 16.8. The summed E-state index contributed by atoms with van der Waals surface area (Å²) < 4.78 is 15.8. The molecule has 3 aromatic carbocycles. The molecule has 0 atom stereocenters. The summed E-state index contributed by atoms with van der Waals surface area (Å²) in [5, 5.41) is 13.5. The minimum absolute atomic E-state index is 0.163. The molecular formula is C24H25NO4. The molecule has 0 saturated heterocycles. The Morgan fingerprint density at radius 2 is 1.45 bits per heavy atom. The Labute approximate surface area is 171 Å². The van der Waals surface area contributed by atoms with E-state index in [4.69, 9.17) is 14.2 Å². The van der Waals surface area contributed by atoms with Crippen LogP contribution in [0.25, 0.3) is 12.2 Å². The second-order valence-corrected chi connectivity index (χ2v) is 6.42. The number of nitrogens with one attached hydrogen (secondary N) is 1. The Morgan fingerprint density at radius 1 is 0.793 bits per heavy atom. The van der Waals surface area contributed by atoms with Crippen molar-refractivity contribution in [2.75, 3.05) is 26.6 Å². The lowest BCUT2D eigenvalue weighted by Gasteiger charge is -2.11. The number of hydrogen-bond acceptors (Lipinski definition) is 5. The minimum atomic E-state index is 0.163. The molecule has 5 nitrogen and oxygen atoms in total. The first-order valence-corrected chi connectivity index (χ1v) is 9.23. The number of phenols is 1. The average molecular weight is 391 g/mol. The third kappa shape index (κ3) is 5.23. The maximum absolute atomic E-state index is 10.2. The highest BCUT2D eigenvalue weighted by atomic mass is 16.5. The van der Waals surface area contributed by atoms with E-state index < -0.39 is 0 Å². The fourth-order valence-corrected chi connectivity index (χ4v) is 2.90. The van der Waals surface area contributed by atoms with Crippen molar-refractivity contribution in [2.45, 2.75) is 6.54 Å². The van der Waals surface area contributed by atoms with Gasteiger partial charge in [0.15, 0.2) is 11.5 Å². The first kappa shape index (κ1) is 20.1. The fraction of sp³-hybridized carbons (Fsp3) is 0.167. The number of methoxy groups -OCH3 is 3. The third-order valence-corrected chi connectivity index (χ3v) is 4.54. The van der Waals surface area contributed by atoms with Gasteiger partial charge >= 0.3 is 0 Å². The molecule has 0 saturated carbocycles. The molecule has 2 N–H and O–H groups in total. The number of phenolic OH excluding ortho intramolecular Hbond substituents is 1. The summed E-state index contributed by atoms with van der Waals surface area (Å²) in [6.45, 7) is 0.502. The van der Waals surface area contributed by atoms with Crippen LogP contribution in [0.3, 0.4) is 0 Å². The monoisotopic (exact) mass is 391 g/mol. The van der Waals surface area contributed by atoms with E-state index in [1.807, 2.05) is 66.7 Å². The fourth-order valence-electron chi connectivity index (χ4n) is 2.90. The summed E-state index contributed by atoms with van der Waals surface area (Å²) in [6, 6.07) is 19.3. The van der Waals surface area contributed by atoms with Gasteiger partial charge in [-0.15, -0.1) is 0 Å². The molecule has 0 bridgehead atoms. The van der Waals surface area contributed by atoms with Gasteiger partial charge in [-0.2, -0.15) is 0 Å². The molecule has 0 aliphatic rings. The lowest BCUT2D eigenvalue weighted by molar-refractivity contribution is 0.371. The van der Waals surface area contributed by atoms with Gasteiger partial charge in [-0.05, 0) is 41.5 Å². The predicted molar refractivity (Wildman–Crippen MR) is 117 cm³/mol. The van der Waals surface area contributed by atoms with E-state index in [0.717, 1.165) is 33.9 Å². The lowest BCUT2D eigenvalue weighted by Crippen LogP contribution is -2.00. The van der Waals surface area contributed by atoms with Crippen LogP contribution in [0, 0.1) is 0 Å². The first-order chi connectivity index (χ1) is 14.1. The highest BCUT2D eigenvalue weighted by molar-refractivity contribution is 5.71. The van der Waals surface area contributed by atoms with Gasteiger partial charge in [-0.3, -0.25) is 0 Å². The van der Waals surface area contributed by atoms with Crippen molar-refractivity contribution < 1.29 is 19.3 Å².